The van der Waals surface area contributed by atoms with E-state index in [1.165, 1.54) is 6.07 Å². The molecule has 2 rings (SSSR count). The molecule has 0 spiro atoms. The average molecular weight is 236 g/mol. The molecule has 0 amide bonds. The van der Waals surface area contributed by atoms with Crippen LogP contribution in [-0.2, 0) is 0 Å². The molecule has 3 atom stereocenters. The Kier molecular flexibility index (Phi) is 3.79. The topological polar surface area (TPSA) is 29.3 Å². The zero-order valence-corrected chi connectivity index (χ0v) is 10.6. The summed E-state index contributed by atoms with van der Waals surface area (Å²) in [6.45, 7) is 6.28. The summed E-state index contributed by atoms with van der Waals surface area (Å²) < 4.78 is 13.2. The van der Waals surface area contributed by atoms with E-state index < -0.39 is 0 Å². The zero-order chi connectivity index (χ0) is 12.4. The van der Waals surface area contributed by atoms with Crippen LogP contribution in [0.5, 0.6) is 0 Å². The van der Waals surface area contributed by atoms with Crippen molar-refractivity contribution in [2.45, 2.75) is 32.4 Å². The van der Waals surface area contributed by atoms with Gasteiger partial charge in [0.15, 0.2) is 0 Å². The molecule has 3 heteroatoms. The van der Waals surface area contributed by atoms with Crippen LogP contribution < -0.4 is 5.73 Å². The van der Waals surface area contributed by atoms with Gasteiger partial charge in [-0.05, 0) is 43.5 Å². The standard InChI is InChI=1S/C14H21FN2/c1-10-6-7-17(9-14(10)16)11(2)12-4-3-5-13(15)8-12/h3-5,8,10-11,14H,6-7,9,16H2,1-2H3. The summed E-state index contributed by atoms with van der Waals surface area (Å²) in [6.07, 6.45) is 1.13. The van der Waals surface area contributed by atoms with Crippen LogP contribution in [0.4, 0.5) is 4.39 Å². The molecule has 2 N–H and O–H groups in total. The van der Waals surface area contributed by atoms with E-state index in [9.17, 15) is 4.39 Å². The van der Waals surface area contributed by atoms with Crippen molar-refractivity contribution in [3.05, 3.63) is 35.6 Å². The van der Waals surface area contributed by atoms with Gasteiger partial charge in [-0.25, -0.2) is 4.39 Å². The van der Waals surface area contributed by atoms with Crippen molar-refractivity contribution < 1.29 is 4.39 Å². The SMILES string of the molecule is CC1CCN(C(C)c2cccc(F)c2)CC1N. The van der Waals surface area contributed by atoms with E-state index in [2.05, 4.69) is 18.7 Å². The molecule has 0 aliphatic carbocycles. The fourth-order valence-electron chi connectivity index (χ4n) is 2.45. The Morgan fingerprint density at radius 3 is 2.88 bits per heavy atom. The van der Waals surface area contributed by atoms with Gasteiger partial charge in [0.05, 0.1) is 0 Å². The lowest BCUT2D eigenvalue weighted by atomic mass is 9.92. The Hall–Kier alpha value is -0.930. The second kappa shape index (κ2) is 5.15. The molecule has 0 bridgehead atoms. The van der Waals surface area contributed by atoms with Crippen LogP contribution in [0.3, 0.4) is 0 Å². The maximum atomic E-state index is 13.2. The van der Waals surface area contributed by atoms with Crippen molar-refractivity contribution in [2.75, 3.05) is 13.1 Å². The summed E-state index contributed by atoms with van der Waals surface area (Å²) in [4.78, 5) is 2.35. The fourth-order valence-corrected chi connectivity index (χ4v) is 2.45. The molecule has 0 radical (unpaired) electrons. The van der Waals surface area contributed by atoms with E-state index >= 15 is 0 Å². The minimum atomic E-state index is -0.163. The molecule has 0 aromatic heterocycles. The minimum Gasteiger partial charge on any atom is -0.326 e. The molecule has 1 aromatic rings. The summed E-state index contributed by atoms with van der Waals surface area (Å²) in [6, 6.07) is 7.34. The number of likely N-dealkylation sites (tertiary alicyclic amines) is 1. The van der Waals surface area contributed by atoms with Crippen molar-refractivity contribution in [1.82, 2.24) is 4.90 Å². The normalized spacial score (nSPS) is 28.0. The van der Waals surface area contributed by atoms with Gasteiger partial charge in [0.2, 0.25) is 0 Å². The Morgan fingerprint density at radius 2 is 2.24 bits per heavy atom. The molecule has 94 valence electrons. The second-order valence-corrected chi connectivity index (χ2v) is 5.16. The van der Waals surface area contributed by atoms with Gasteiger partial charge >= 0.3 is 0 Å². The Balaban J connectivity index is 2.07. The minimum absolute atomic E-state index is 0.163. The highest BCUT2D eigenvalue weighted by Gasteiger charge is 2.26. The van der Waals surface area contributed by atoms with Crippen LogP contribution >= 0.6 is 0 Å². The lowest BCUT2D eigenvalue weighted by Gasteiger charge is -2.38. The lowest BCUT2D eigenvalue weighted by molar-refractivity contribution is 0.128. The first kappa shape index (κ1) is 12.5. The lowest BCUT2D eigenvalue weighted by Crippen LogP contribution is -2.48. The summed E-state index contributed by atoms with van der Waals surface area (Å²) >= 11 is 0. The summed E-state index contributed by atoms with van der Waals surface area (Å²) in [5, 5.41) is 0. The van der Waals surface area contributed by atoms with E-state index in [4.69, 9.17) is 5.73 Å². The molecule has 1 heterocycles. The van der Waals surface area contributed by atoms with Gasteiger partial charge in [0.1, 0.15) is 5.82 Å². The smallest absolute Gasteiger partial charge is 0.123 e. The van der Waals surface area contributed by atoms with Crippen LogP contribution in [0.1, 0.15) is 31.9 Å². The van der Waals surface area contributed by atoms with Gasteiger partial charge in [-0.1, -0.05) is 19.1 Å². The first-order valence-corrected chi connectivity index (χ1v) is 6.33. The third-order valence-electron chi connectivity index (χ3n) is 3.93. The molecule has 1 aliphatic rings. The van der Waals surface area contributed by atoms with Crippen LogP contribution in [-0.4, -0.2) is 24.0 Å². The highest BCUT2D eigenvalue weighted by molar-refractivity contribution is 5.19. The maximum Gasteiger partial charge on any atom is 0.123 e. The largest absolute Gasteiger partial charge is 0.326 e. The maximum absolute atomic E-state index is 13.2. The molecular formula is C14H21FN2. The number of rotatable bonds is 2. The number of halogens is 1. The number of hydrogen-bond acceptors (Lipinski definition) is 2. The van der Waals surface area contributed by atoms with E-state index in [-0.39, 0.29) is 17.9 Å². The monoisotopic (exact) mass is 236 g/mol. The second-order valence-electron chi connectivity index (χ2n) is 5.16. The van der Waals surface area contributed by atoms with Crippen LogP contribution in [0.15, 0.2) is 24.3 Å². The van der Waals surface area contributed by atoms with E-state index in [0.29, 0.717) is 5.92 Å². The molecule has 3 unspecified atom stereocenters. The summed E-state index contributed by atoms with van der Waals surface area (Å²) in [7, 11) is 0. The third-order valence-corrected chi connectivity index (χ3v) is 3.93. The van der Waals surface area contributed by atoms with Gasteiger partial charge < -0.3 is 5.73 Å². The van der Waals surface area contributed by atoms with Gasteiger partial charge in [-0.15, -0.1) is 0 Å². The first-order chi connectivity index (χ1) is 8.08. The molecule has 1 saturated heterocycles. The summed E-state index contributed by atoms with van der Waals surface area (Å²) in [5.74, 6) is 0.426. The zero-order valence-electron chi connectivity index (χ0n) is 10.6. The molecule has 2 nitrogen and oxygen atoms in total. The summed E-state index contributed by atoms with van der Waals surface area (Å²) in [5.41, 5.74) is 7.13. The average Bonchev–Trinajstić information content (AvgIpc) is 2.32. The van der Waals surface area contributed by atoms with Crippen molar-refractivity contribution in [1.29, 1.82) is 0 Å². The number of nitrogens with zero attached hydrogens (tertiary/aromatic N) is 1. The third kappa shape index (κ3) is 2.85. The highest BCUT2D eigenvalue weighted by Crippen LogP contribution is 2.26. The van der Waals surface area contributed by atoms with E-state index in [1.54, 1.807) is 12.1 Å². The van der Waals surface area contributed by atoms with Gasteiger partial charge in [0, 0.05) is 18.6 Å². The Bertz CT molecular complexity index is 380. The van der Waals surface area contributed by atoms with Crippen molar-refractivity contribution in [2.24, 2.45) is 11.7 Å². The van der Waals surface area contributed by atoms with Gasteiger partial charge in [0.25, 0.3) is 0 Å². The molecule has 0 saturated carbocycles. The number of nitrogens with two attached hydrogens (primary N) is 1. The number of piperidine rings is 1. The van der Waals surface area contributed by atoms with Gasteiger partial charge in [-0.2, -0.15) is 0 Å². The first-order valence-electron chi connectivity index (χ1n) is 6.33. The predicted molar refractivity (Wildman–Crippen MR) is 68.1 cm³/mol. The number of hydrogen-bond donors (Lipinski definition) is 1. The Labute approximate surface area is 103 Å². The molecule has 1 aliphatic heterocycles. The van der Waals surface area contributed by atoms with Gasteiger partial charge in [-0.3, -0.25) is 4.90 Å². The molecular weight excluding hydrogens is 215 g/mol. The quantitative estimate of drug-likeness (QED) is 0.855. The van der Waals surface area contributed by atoms with Crippen LogP contribution in [0.25, 0.3) is 0 Å². The molecule has 17 heavy (non-hydrogen) atoms. The van der Waals surface area contributed by atoms with E-state index in [0.717, 1.165) is 25.1 Å². The van der Waals surface area contributed by atoms with Crippen LogP contribution in [0, 0.1) is 11.7 Å². The molecule has 1 fully saturated rings. The predicted octanol–water partition coefficient (Wildman–Crippen LogP) is 2.56. The Morgan fingerprint density at radius 1 is 1.47 bits per heavy atom. The van der Waals surface area contributed by atoms with Crippen molar-refractivity contribution in [3.8, 4) is 0 Å². The highest BCUT2D eigenvalue weighted by atomic mass is 19.1. The molecule has 1 aromatic carbocycles. The van der Waals surface area contributed by atoms with Crippen LogP contribution in [0.2, 0.25) is 0 Å². The van der Waals surface area contributed by atoms with E-state index in [1.807, 2.05) is 6.07 Å². The number of benzene rings is 1. The van der Waals surface area contributed by atoms with Crippen molar-refractivity contribution >= 4 is 0 Å². The van der Waals surface area contributed by atoms with Crippen molar-refractivity contribution in [3.63, 3.8) is 0 Å². The fraction of sp³-hybridized carbons (Fsp3) is 0.571.